The maximum atomic E-state index is 11.5. The minimum absolute atomic E-state index is 0.125. The first-order valence-corrected chi connectivity index (χ1v) is 4.95. The number of hydrogen-bond donors (Lipinski definition) is 1. The lowest BCUT2D eigenvalue weighted by Crippen LogP contribution is -2.37. The molecule has 1 rings (SSSR count). The molecule has 0 saturated heterocycles. The minimum Gasteiger partial charge on any atom is -0.481 e. The molecule has 84 valence electrons. The lowest BCUT2D eigenvalue weighted by atomic mass is 9.74. The van der Waals surface area contributed by atoms with Crippen LogP contribution in [0.1, 0.15) is 20.3 Å². The summed E-state index contributed by atoms with van der Waals surface area (Å²) in [6.07, 6.45) is 2.40. The van der Waals surface area contributed by atoms with Crippen molar-refractivity contribution in [3.8, 4) is 0 Å². The number of hydrogen-bond acceptors (Lipinski definition) is 3. The maximum Gasteiger partial charge on any atom is 0.309 e. The third-order valence-corrected chi connectivity index (χ3v) is 2.88. The van der Waals surface area contributed by atoms with E-state index in [2.05, 4.69) is 4.74 Å². The second-order valence-corrected chi connectivity index (χ2v) is 4.07. The van der Waals surface area contributed by atoms with Gasteiger partial charge in [0.2, 0.25) is 0 Å². The number of ether oxygens (including phenoxy) is 1. The Morgan fingerprint density at radius 2 is 2.13 bits per heavy atom. The summed E-state index contributed by atoms with van der Waals surface area (Å²) in [5.41, 5.74) is 1.05. The molecule has 1 N–H and O–H groups in total. The fourth-order valence-electron chi connectivity index (χ4n) is 2.24. The number of esters is 1. The highest BCUT2D eigenvalue weighted by molar-refractivity contribution is 5.82. The summed E-state index contributed by atoms with van der Waals surface area (Å²) >= 11 is 0. The van der Waals surface area contributed by atoms with E-state index in [9.17, 15) is 9.59 Å². The fourth-order valence-corrected chi connectivity index (χ4v) is 2.24. The van der Waals surface area contributed by atoms with Crippen molar-refractivity contribution in [2.75, 3.05) is 7.11 Å². The van der Waals surface area contributed by atoms with Gasteiger partial charge in [0.25, 0.3) is 0 Å². The molecule has 15 heavy (non-hydrogen) atoms. The Bertz CT molecular complexity index is 306. The van der Waals surface area contributed by atoms with E-state index in [1.54, 1.807) is 0 Å². The molecule has 3 atom stereocenters. The van der Waals surface area contributed by atoms with Crippen molar-refractivity contribution in [1.29, 1.82) is 0 Å². The Morgan fingerprint density at radius 1 is 1.53 bits per heavy atom. The van der Waals surface area contributed by atoms with Crippen molar-refractivity contribution in [3.63, 3.8) is 0 Å². The van der Waals surface area contributed by atoms with E-state index < -0.39 is 23.8 Å². The molecule has 1 aliphatic carbocycles. The van der Waals surface area contributed by atoms with Crippen molar-refractivity contribution in [3.05, 3.63) is 11.6 Å². The lowest BCUT2D eigenvalue weighted by molar-refractivity contribution is -0.157. The van der Waals surface area contributed by atoms with E-state index in [0.717, 1.165) is 5.57 Å². The van der Waals surface area contributed by atoms with Crippen molar-refractivity contribution >= 4 is 11.9 Å². The molecule has 0 unspecified atom stereocenters. The molecule has 0 bridgehead atoms. The van der Waals surface area contributed by atoms with Crippen LogP contribution in [0.5, 0.6) is 0 Å². The molecule has 1 aliphatic rings. The maximum absolute atomic E-state index is 11.5. The van der Waals surface area contributed by atoms with Crippen LogP contribution >= 0.6 is 0 Å². The van der Waals surface area contributed by atoms with E-state index in [1.807, 2.05) is 19.9 Å². The number of carboxylic acid groups (broad SMARTS) is 1. The van der Waals surface area contributed by atoms with Gasteiger partial charge in [0.1, 0.15) is 0 Å². The van der Waals surface area contributed by atoms with Gasteiger partial charge in [-0.3, -0.25) is 9.59 Å². The molecule has 0 aromatic heterocycles. The van der Waals surface area contributed by atoms with Gasteiger partial charge in [-0.25, -0.2) is 0 Å². The second-order valence-electron chi connectivity index (χ2n) is 4.07. The van der Waals surface area contributed by atoms with Crippen LogP contribution in [0.15, 0.2) is 11.6 Å². The molecule has 0 radical (unpaired) electrons. The zero-order valence-electron chi connectivity index (χ0n) is 9.19. The fraction of sp³-hybridized carbons (Fsp3) is 0.636. The Kier molecular flexibility index (Phi) is 3.50. The summed E-state index contributed by atoms with van der Waals surface area (Å²) in [4.78, 5) is 22.5. The van der Waals surface area contributed by atoms with Crippen molar-refractivity contribution in [2.45, 2.75) is 20.3 Å². The third-order valence-electron chi connectivity index (χ3n) is 2.88. The summed E-state index contributed by atoms with van der Waals surface area (Å²) in [6, 6.07) is 0. The monoisotopic (exact) mass is 212 g/mol. The van der Waals surface area contributed by atoms with Crippen LogP contribution in [-0.4, -0.2) is 24.2 Å². The van der Waals surface area contributed by atoms with Crippen LogP contribution in [0.3, 0.4) is 0 Å². The average Bonchev–Trinajstić information content (AvgIpc) is 2.14. The molecule has 0 aliphatic heterocycles. The van der Waals surface area contributed by atoms with Gasteiger partial charge in [0.15, 0.2) is 0 Å². The van der Waals surface area contributed by atoms with Crippen LogP contribution in [0.25, 0.3) is 0 Å². The Morgan fingerprint density at radius 3 is 2.60 bits per heavy atom. The zero-order valence-corrected chi connectivity index (χ0v) is 9.19. The van der Waals surface area contributed by atoms with E-state index in [-0.39, 0.29) is 5.92 Å². The topological polar surface area (TPSA) is 63.6 Å². The normalized spacial score (nSPS) is 30.6. The summed E-state index contributed by atoms with van der Waals surface area (Å²) in [6.45, 7) is 3.72. The van der Waals surface area contributed by atoms with Crippen molar-refractivity contribution in [1.82, 2.24) is 0 Å². The van der Waals surface area contributed by atoms with Gasteiger partial charge >= 0.3 is 11.9 Å². The molecule has 0 heterocycles. The molecule has 0 aromatic carbocycles. The first-order chi connectivity index (χ1) is 6.97. The van der Waals surface area contributed by atoms with Gasteiger partial charge in [-0.1, -0.05) is 18.6 Å². The highest BCUT2D eigenvalue weighted by atomic mass is 16.5. The van der Waals surface area contributed by atoms with Gasteiger partial charge in [-0.05, 0) is 19.3 Å². The highest BCUT2D eigenvalue weighted by Crippen LogP contribution is 2.34. The minimum atomic E-state index is -0.929. The summed E-state index contributed by atoms with van der Waals surface area (Å²) in [5.74, 6) is -2.70. The SMILES string of the molecule is COC(=O)[C@H]1CC(C)=C[C@@H](C)[C@@H]1C(=O)O. The predicted molar refractivity (Wildman–Crippen MR) is 54.2 cm³/mol. The lowest BCUT2D eigenvalue weighted by Gasteiger charge is -2.30. The number of methoxy groups -OCH3 is 1. The predicted octanol–water partition coefficient (Wildman–Crippen LogP) is 1.46. The number of carbonyl (C=O) groups excluding carboxylic acids is 1. The first kappa shape index (κ1) is 11.8. The molecule has 0 spiro atoms. The standard InChI is InChI=1S/C11H16O4/c1-6-4-7(2)9(10(12)13)8(5-6)11(14)15-3/h4,7-9H,5H2,1-3H3,(H,12,13)/t7-,8+,9+/m1/s1. The Hall–Kier alpha value is -1.32. The molecule has 4 nitrogen and oxygen atoms in total. The molecule has 0 fully saturated rings. The highest BCUT2D eigenvalue weighted by Gasteiger charge is 2.40. The largest absolute Gasteiger partial charge is 0.481 e. The van der Waals surface area contributed by atoms with E-state index in [1.165, 1.54) is 7.11 Å². The molecule has 0 aromatic rings. The van der Waals surface area contributed by atoms with Gasteiger partial charge in [0.05, 0.1) is 18.9 Å². The average molecular weight is 212 g/mol. The van der Waals surface area contributed by atoms with Crippen LogP contribution in [-0.2, 0) is 14.3 Å². The second kappa shape index (κ2) is 4.47. The van der Waals surface area contributed by atoms with Crippen LogP contribution in [0, 0.1) is 17.8 Å². The van der Waals surface area contributed by atoms with E-state index >= 15 is 0 Å². The van der Waals surface area contributed by atoms with Gasteiger partial charge in [-0.2, -0.15) is 0 Å². The molecule has 4 heteroatoms. The van der Waals surface area contributed by atoms with Crippen molar-refractivity contribution in [2.24, 2.45) is 17.8 Å². The number of aliphatic carboxylic acids is 1. The molecule has 0 saturated carbocycles. The van der Waals surface area contributed by atoms with E-state index in [4.69, 9.17) is 5.11 Å². The zero-order chi connectivity index (χ0) is 11.6. The van der Waals surface area contributed by atoms with Crippen LogP contribution in [0.2, 0.25) is 0 Å². The molecular formula is C11H16O4. The van der Waals surface area contributed by atoms with Gasteiger partial charge < -0.3 is 9.84 Å². The summed E-state index contributed by atoms with van der Waals surface area (Å²) in [5, 5.41) is 9.07. The Balaban J connectivity index is 2.97. The van der Waals surface area contributed by atoms with Gasteiger partial charge in [0, 0.05) is 0 Å². The van der Waals surface area contributed by atoms with Crippen LogP contribution in [0.4, 0.5) is 0 Å². The third kappa shape index (κ3) is 2.37. The smallest absolute Gasteiger partial charge is 0.309 e. The number of carboxylic acids is 1. The number of carbonyl (C=O) groups is 2. The number of allylic oxidation sites excluding steroid dienone is 2. The quantitative estimate of drug-likeness (QED) is 0.556. The van der Waals surface area contributed by atoms with E-state index in [0.29, 0.717) is 6.42 Å². The summed E-state index contributed by atoms with van der Waals surface area (Å²) in [7, 11) is 1.29. The first-order valence-electron chi connectivity index (χ1n) is 4.95. The number of rotatable bonds is 2. The van der Waals surface area contributed by atoms with Gasteiger partial charge in [-0.15, -0.1) is 0 Å². The van der Waals surface area contributed by atoms with Crippen molar-refractivity contribution < 1.29 is 19.4 Å². The summed E-state index contributed by atoms with van der Waals surface area (Å²) < 4.78 is 4.64. The van der Waals surface area contributed by atoms with Crippen LogP contribution < -0.4 is 0 Å². The Labute approximate surface area is 88.9 Å². The molecular weight excluding hydrogens is 196 g/mol. The molecule has 0 amide bonds.